The number of carboxylic acid groups (broad SMARTS) is 1. The average molecular weight is 332 g/mol. The van der Waals surface area contributed by atoms with Crippen molar-refractivity contribution >= 4 is 28.9 Å². The van der Waals surface area contributed by atoms with Crippen LogP contribution in [0.4, 0.5) is 0 Å². The number of hydrogen-bond donors (Lipinski definition) is 1. The van der Waals surface area contributed by atoms with E-state index >= 15 is 0 Å². The molecule has 23 heavy (non-hydrogen) atoms. The van der Waals surface area contributed by atoms with Crippen LogP contribution in [-0.2, 0) is 9.59 Å². The van der Waals surface area contributed by atoms with Crippen molar-refractivity contribution < 1.29 is 19.1 Å². The van der Waals surface area contributed by atoms with Gasteiger partial charge in [0.1, 0.15) is 17.6 Å². The molecule has 2 aromatic heterocycles. The minimum Gasteiger partial charge on any atom is -0.481 e. The number of aliphatic carboxylic acids is 1. The third-order valence-corrected chi connectivity index (χ3v) is 4.35. The van der Waals surface area contributed by atoms with Crippen LogP contribution in [0, 0.1) is 6.92 Å². The summed E-state index contributed by atoms with van der Waals surface area (Å²) < 4.78 is 5.66. The highest BCUT2D eigenvalue weighted by Gasteiger charge is 2.35. The summed E-state index contributed by atoms with van der Waals surface area (Å²) in [5.41, 5.74) is 1.80. The van der Waals surface area contributed by atoms with Gasteiger partial charge in [-0.3, -0.25) is 9.59 Å². The van der Waals surface area contributed by atoms with Gasteiger partial charge in [0.05, 0.1) is 12.1 Å². The van der Waals surface area contributed by atoms with E-state index in [1.807, 2.05) is 35.9 Å². The molecule has 1 N–H and O–H groups in total. The van der Waals surface area contributed by atoms with Crippen LogP contribution in [0.5, 0.6) is 0 Å². The summed E-state index contributed by atoms with van der Waals surface area (Å²) in [5.74, 6) is 0.128. The summed E-state index contributed by atoms with van der Waals surface area (Å²) in [6.07, 6.45) is 0.275. The molecule has 0 aromatic carbocycles. The first-order valence-corrected chi connectivity index (χ1v) is 8.19. The first-order valence-electron chi connectivity index (χ1n) is 7.25. The van der Waals surface area contributed by atoms with Gasteiger partial charge in [0, 0.05) is 18.4 Å². The van der Waals surface area contributed by atoms with Gasteiger partial charge in [-0.05, 0) is 35.9 Å². The highest BCUT2D eigenvalue weighted by molar-refractivity contribution is 7.08. The number of aryl methyl sites for hydroxylation is 1. The molecule has 3 heterocycles. The maximum atomic E-state index is 12.4. The lowest BCUT2D eigenvalue weighted by atomic mass is 10.0. The first kappa shape index (κ1) is 15.5. The zero-order chi connectivity index (χ0) is 16.4. The molecule has 0 fully saturated rings. The number of hydrogen-bond acceptors (Lipinski definition) is 5. The lowest BCUT2D eigenvalue weighted by molar-refractivity contribution is -0.141. The Morgan fingerprint density at radius 2 is 2.22 bits per heavy atom. The van der Waals surface area contributed by atoms with Gasteiger partial charge >= 0.3 is 5.97 Å². The Morgan fingerprint density at radius 3 is 2.83 bits per heavy atom. The zero-order valence-electron chi connectivity index (χ0n) is 12.6. The van der Waals surface area contributed by atoms with Gasteiger partial charge in [-0.25, -0.2) is 5.01 Å². The van der Waals surface area contributed by atoms with E-state index in [2.05, 4.69) is 5.10 Å². The number of furan rings is 1. The van der Waals surface area contributed by atoms with Gasteiger partial charge < -0.3 is 9.52 Å². The molecule has 7 heteroatoms. The van der Waals surface area contributed by atoms with Crippen molar-refractivity contribution in [3.8, 4) is 0 Å². The molecule has 0 saturated heterocycles. The maximum absolute atomic E-state index is 12.4. The quantitative estimate of drug-likeness (QED) is 0.911. The number of nitrogens with zero attached hydrogens (tertiary/aromatic N) is 2. The van der Waals surface area contributed by atoms with Gasteiger partial charge in [0.25, 0.3) is 0 Å². The second kappa shape index (κ2) is 6.37. The molecule has 0 saturated carbocycles. The van der Waals surface area contributed by atoms with E-state index in [1.165, 1.54) is 5.01 Å². The number of carbonyl (C=O) groups is 2. The number of carbonyl (C=O) groups excluding carboxylic acids is 1. The fourth-order valence-electron chi connectivity index (χ4n) is 2.53. The minimum atomic E-state index is -0.995. The van der Waals surface area contributed by atoms with Crippen molar-refractivity contribution in [1.82, 2.24) is 5.01 Å². The molecule has 6 nitrogen and oxygen atoms in total. The molecule has 1 amide bonds. The fourth-order valence-corrected chi connectivity index (χ4v) is 3.19. The molecule has 1 aliphatic heterocycles. The fraction of sp³-hybridized carbons (Fsp3) is 0.312. The van der Waals surface area contributed by atoms with E-state index in [-0.39, 0.29) is 24.8 Å². The molecule has 0 unspecified atom stereocenters. The number of rotatable bonds is 5. The van der Waals surface area contributed by atoms with Gasteiger partial charge in [0.2, 0.25) is 5.91 Å². The van der Waals surface area contributed by atoms with Crippen molar-refractivity contribution in [2.45, 2.75) is 32.2 Å². The summed E-state index contributed by atoms with van der Waals surface area (Å²) in [6, 6.07) is 5.32. The smallest absolute Gasteiger partial charge is 0.303 e. The van der Waals surface area contributed by atoms with E-state index in [0.29, 0.717) is 12.2 Å². The predicted molar refractivity (Wildman–Crippen MR) is 85.4 cm³/mol. The molecule has 0 radical (unpaired) electrons. The molecule has 2 aromatic rings. The Bertz CT molecular complexity index is 748. The molecule has 0 spiro atoms. The summed E-state index contributed by atoms with van der Waals surface area (Å²) in [5, 5.41) is 18.5. The predicted octanol–water partition coefficient (Wildman–Crippen LogP) is 3.19. The van der Waals surface area contributed by atoms with Crippen LogP contribution in [0.15, 0.2) is 38.5 Å². The third kappa shape index (κ3) is 3.34. The Hall–Kier alpha value is -2.41. The van der Waals surface area contributed by atoms with Gasteiger partial charge in [-0.1, -0.05) is 0 Å². The van der Waals surface area contributed by atoms with E-state index in [4.69, 9.17) is 9.52 Å². The molecular formula is C16H16N2O4S. The van der Waals surface area contributed by atoms with Gasteiger partial charge in [-0.2, -0.15) is 16.4 Å². The van der Waals surface area contributed by atoms with Crippen LogP contribution < -0.4 is 0 Å². The normalized spacial score (nSPS) is 17.3. The Labute approximate surface area is 137 Å². The summed E-state index contributed by atoms with van der Waals surface area (Å²) in [4.78, 5) is 23.1. The minimum absolute atomic E-state index is 0.0774. The molecule has 0 aliphatic carbocycles. The van der Waals surface area contributed by atoms with E-state index in [1.54, 1.807) is 11.3 Å². The highest BCUT2D eigenvalue weighted by Crippen LogP contribution is 2.34. The van der Waals surface area contributed by atoms with Crippen molar-refractivity contribution in [1.29, 1.82) is 0 Å². The molecule has 1 atom stereocenters. The van der Waals surface area contributed by atoms with E-state index < -0.39 is 5.97 Å². The van der Waals surface area contributed by atoms with Crippen LogP contribution in [0.3, 0.4) is 0 Å². The largest absolute Gasteiger partial charge is 0.481 e. The van der Waals surface area contributed by atoms with Crippen LogP contribution >= 0.6 is 11.3 Å². The van der Waals surface area contributed by atoms with Crippen molar-refractivity contribution in [3.05, 3.63) is 46.0 Å². The Balaban J connectivity index is 1.86. The lowest BCUT2D eigenvalue weighted by Crippen LogP contribution is -2.27. The maximum Gasteiger partial charge on any atom is 0.303 e. The van der Waals surface area contributed by atoms with Crippen molar-refractivity contribution in [3.63, 3.8) is 0 Å². The first-order chi connectivity index (χ1) is 11.0. The standard InChI is InChI=1S/C16H16N2O4S/c1-10-2-3-14(22-10)13-8-12(11-6-7-23-9-11)17-18(13)15(19)4-5-16(20)21/h2-3,6-7,9,13H,4-5,8H2,1H3,(H,20,21)/t13-/m0/s1. The summed E-state index contributed by atoms with van der Waals surface area (Å²) >= 11 is 1.57. The SMILES string of the molecule is Cc1ccc([C@@H]2CC(c3ccsc3)=NN2C(=O)CCC(=O)O)o1. The number of amides is 1. The van der Waals surface area contributed by atoms with Crippen LogP contribution in [0.2, 0.25) is 0 Å². The second-order valence-corrected chi connectivity index (χ2v) is 6.14. The highest BCUT2D eigenvalue weighted by atomic mass is 32.1. The number of thiophene rings is 1. The average Bonchev–Trinajstić information content (AvgIpc) is 3.23. The van der Waals surface area contributed by atoms with Crippen LogP contribution in [0.25, 0.3) is 0 Å². The van der Waals surface area contributed by atoms with E-state index in [0.717, 1.165) is 17.0 Å². The number of hydrazone groups is 1. The molecule has 120 valence electrons. The zero-order valence-corrected chi connectivity index (χ0v) is 13.4. The molecule has 1 aliphatic rings. The van der Waals surface area contributed by atoms with Crippen LogP contribution in [0.1, 0.15) is 42.4 Å². The van der Waals surface area contributed by atoms with Gasteiger partial charge in [0.15, 0.2) is 0 Å². The van der Waals surface area contributed by atoms with Gasteiger partial charge in [-0.15, -0.1) is 0 Å². The third-order valence-electron chi connectivity index (χ3n) is 3.66. The van der Waals surface area contributed by atoms with Crippen LogP contribution in [-0.4, -0.2) is 27.7 Å². The van der Waals surface area contributed by atoms with Crippen molar-refractivity contribution in [2.24, 2.45) is 5.10 Å². The Kier molecular flexibility index (Phi) is 4.29. The molecular weight excluding hydrogens is 316 g/mol. The topological polar surface area (TPSA) is 83.1 Å². The molecule has 0 bridgehead atoms. The molecule has 3 rings (SSSR count). The Morgan fingerprint density at radius 1 is 1.39 bits per heavy atom. The van der Waals surface area contributed by atoms with E-state index in [9.17, 15) is 9.59 Å². The summed E-state index contributed by atoms with van der Waals surface area (Å²) in [7, 11) is 0. The summed E-state index contributed by atoms with van der Waals surface area (Å²) in [6.45, 7) is 1.84. The number of carboxylic acids is 1. The van der Waals surface area contributed by atoms with Crippen molar-refractivity contribution in [2.75, 3.05) is 0 Å². The second-order valence-electron chi connectivity index (χ2n) is 5.36. The monoisotopic (exact) mass is 332 g/mol. The lowest BCUT2D eigenvalue weighted by Gasteiger charge is -2.19.